The standard InChI is InChI=1S/C22H25FN2O4S2/c1-14-12-25(13-15(2)29-14)31(27,28)17-8-6-16(7-9-17)22(26)24-20-10-11-30-21-18(20)4-3-5-19(21)23/h3-9,14-15,20H,10-13H2,1-2H3,(H,24,26)/t14-,15+,20-/m1/s1. The largest absolute Gasteiger partial charge is 0.373 e. The van der Waals surface area contributed by atoms with Gasteiger partial charge in [0.1, 0.15) is 5.82 Å². The number of hydrogen-bond donors (Lipinski definition) is 1. The van der Waals surface area contributed by atoms with Crippen molar-refractivity contribution in [2.45, 2.75) is 48.3 Å². The number of morpholine rings is 1. The summed E-state index contributed by atoms with van der Waals surface area (Å²) in [6, 6.07) is 10.6. The fourth-order valence-electron chi connectivity index (χ4n) is 4.03. The molecule has 166 valence electrons. The molecular formula is C22H25FN2O4S2. The number of ether oxygens (including phenoxy) is 1. The van der Waals surface area contributed by atoms with Gasteiger partial charge in [-0.25, -0.2) is 12.8 Å². The highest BCUT2D eigenvalue weighted by Gasteiger charge is 2.32. The van der Waals surface area contributed by atoms with Crippen molar-refractivity contribution in [3.8, 4) is 0 Å². The minimum atomic E-state index is -3.67. The molecule has 1 fully saturated rings. The van der Waals surface area contributed by atoms with Gasteiger partial charge in [0.15, 0.2) is 0 Å². The summed E-state index contributed by atoms with van der Waals surface area (Å²) in [6.07, 6.45) is 0.349. The normalized spacial score (nSPS) is 24.4. The summed E-state index contributed by atoms with van der Waals surface area (Å²) in [7, 11) is -3.67. The second-order valence-electron chi connectivity index (χ2n) is 7.93. The van der Waals surface area contributed by atoms with E-state index < -0.39 is 10.0 Å². The summed E-state index contributed by atoms with van der Waals surface area (Å²) in [5.74, 6) is 0.124. The molecule has 1 saturated heterocycles. The molecule has 1 N–H and O–H groups in total. The van der Waals surface area contributed by atoms with Gasteiger partial charge in [0.2, 0.25) is 10.0 Å². The number of benzene rings is 2. The van der Waals surface area contributed by atoms with E-state index in [9.17, 15) is 17.6 Å². The van der Waals surface area contributed by atoms with E-state index in [1.54, 1.807) is 6.07 Å². The van der Waals surface area contributed by atoms with Crippen LogP contribution in [0.1, 0.15) is 42.2 Å². The quantitative estimate of drug-likeness (QED) is 0.749. The number of fused-ring (bicyclic) bond motifs is 1. The van der Waals surface area contributed by atoms with Gasteiger partial charge in [-0.15, -0.1) is 11.8 Å². The number of hydrogen-bond acceptors (Lipinski definition) is 5. The summed E-state index contributed by atoms with van der Waals surface area (Å²) in [6.45, 7) is 4.29. The van der Waals surface area contributed by atoms with Crippen molar-refractivity contribution in [2.75, 3.05) is 18.8 Å². The Morgan fingerprint density at radius 3 is 2.48 bits per heavy atom. The van der Waals surface area contributed by atoms with Crippen molar-refractivity contribution >= 4 is 27.7 Å². The molecule has 4 rings (SSSR count). The summed E-state index contributed by atoms with van der Waals surface area (Å²) in [5, 5.41) is 2.96. The molecule has 1 amide bonds. The third-order valence-electron chi connectivity index (χ3n) is 5.47. The number of halogens is 1. The van der Waals surface area contributed by atoms with Gasteiger partial charge in [0.25, 0.3) is 5.91 Å². The highest BCUT2D eigenvalue weighted by atomic mass is 32.2. The molecule has 2 aromatic rings. The van der Waals surface area contributed by atoms with Crippen LogP contribution in [0.4, 0.5) is 4.39 Å². The molecule has 0 aliphatic carbocycles. The Balaban J connectivity index is 1.49. The maximum absolute atomic E-state index is 14.1. The Bertz CT molecular complexity index is 1070. The summed E-state index contributed by atoms with van der Waals surface area (Å²) in [5.41, 5.74) is 1.14. The predicted molar refractivity (Wildman–Crippen MR) is 117 cm³/mol. The Kier molecular flexibility index (Phi) is 6.39. The average molecular weight is 465 g/mol. The molecule has 0 unspecified atom stereocenters. The molecule has 0 bridgehead atoms. The molecule has 2 aliphatic heterocycles. The van der Waals surface area contributed by atoms with Gasteiger partial charge in [-0.3, -0.25) is 4.79 Å². The third kappa shape index (κ3) is 4.64. The van der Waals surface area contributed by atoms with Crippen LogP contribution in [0, 0.1) is 5.82 Å². The van der Waals surface area contributed by atoms with E-state index >= 15 is 0 Å². The summed E-state index contributed by atoms with van der Waals surface area (Å²) >= 11 is 1.45. The Morgan fingerprint density at radius 2 is 1.81 bits per heavy atom. The van der Waals surface area contributed by atoms with E-state index in [4.69, 9.17) is 4.74 Å². The molecule has 2 aromatic carbocycles. The Labute approximate surface area is 186 Å². The summed E-state index contributed by atoms with van der Waals surface area (Å²) < 4.78 is 47.1. The van der Waals surface area contributed by atoms with E-state index in [1.807, 2.05) is 19.9 Å². The van der Waals surface area contributed by atoms with Crippen LogP contribution >= 0.6 is 11.8 Å². The van der Waals surface area contributed by atoms with E-state index in [0.29, 0.717) is 35.7 Å². The number of nitrogens with one attached hydrogen (secondary N) is 1. The molecule has 0 radical (unpaired) electrons. The second-order valence-corrected chi connectivity index (χ2v) is 11.0. The van der Waals surface area contributed by atoms with Crippen LogP contribution in [0.5, 0.6) is 0 Å². The smallest absolute Gasteiger partial charge is 0.251 e. The van der Waals surface area contributed by atoms with Gasteiger partial charge in [-0.1, -0.05) is 12.1 Å². The van der Waals surface area contributed by atoms with Crippen molar-refractivity contribution in [3.63, 3.8) is 0 Å². The Morgan fingerprint density at radius 1 is 1.13 bits per heavy atom. The molecule has 2 heterocycles. The molecule has 2 aliphatic rings. The van der Waals surface area contributed by atoms with Crippen LogP contribution in [0.3, 0.4) is 0 Å². The van der Waals surface area contributed by atoms with Crippen LogP contribution < -0.4 is 5.32 Å². The van der Waals surface area contributed by atoms with Crippen molar-refractivity contribution in [3.05, 3.63) is 59.4 Å². The zero-order valence-electron chi connectivity index (χ0n) is 17.4. The molecule has 3 atom stereocenters. The maximum Gasteiger partial charge on any atom is 0.251 e. The van der Waals surface area contributed by atoms with Crippen molar-refractivity contribution < 1.29 is 22.3 Å². The zero-order valence-corrected chi connectivity index (χ0v) is 19.0. The molecule has 0 saturated carbocycles. The zero-order chi connectivity index (χ0) is 22.2. The van der Waals surface area contributed by atoms with E-state index in [1.165, 1.54) is 46.4 Å². The first-order chi connectivity index (χ1) is 14.8. The van der Waals surface area contributed by atoms with Gasteiger partial charge in [-0.05, 0) is 56.2 Å². The maximum atomic E-state index is 14.1. The van der Waals surface area contributed by atoms with Gasteiger partial charge in [-0.2, -0.15) is 4.31 Å². The number of thioether (sulfide) groups is 1. The van der Waals surface area contributed by atoms with E-state index in [0.717, 1.165) is 5.56 Å². The molecule has 31 heavy (non-hydrogen) atoms. The Hall–Kier alpha value is -1.94. The molecule has 9 heteroatoms. The lowest BCUT2D eigenvalue weighted by atomic mass is 10.0. The monoisotopic (exact) mass is 464 g/mol. The average Bonchev–Trinajstić information content (AvgIpc) is 2.74. The highest BCUT2D eigenvalue weighted by molar-refractivity contribution is 7.99. The topological polar surface area (TPSA) is 75.7 Å². The first-order valence-electron chi connectivity index (χ1n) is 10.2. The fraction of sp³-hybridized carbons (Fsp3) is 0.409. The third-order valence-corrected chi connectivity index (χ3v) is 8.48. The van der Waals surface area contributed by atoms with Gasteiger partial charge < -0.3 is 10.1 Å². The molecule has 6 nitrogen and oxygen atoms in total. The second kappa shape index (κ2) is 8.90. The lowest BCUT2D eigenvalue weighted by Crippen LogP contribution is -2.48. The highest BCUT2D eigenvalue weighted by Crippen LogP contribution is 2.37. The van der Waals surface area contributed by atoms with Crippen LogP contribution in [-0.2, 0) is 14.8 Å². The van der Waals surface area contributed by atoms with Gasteiger partial charge in [0.05, 0.1) is 23.1 Å². The van der Waals surface area contributed by atoms with Crippen LogP contribution in [0.25, 0.3) is 0 Å². The lowest BCUT2D eigenvalue weighted by Gasteiger charge is -2.34. The number of carbonyl (C=O) groups is 1. The number of rotatable bonds is 4. The van der Waals surface area contributed by atoms with Crippen molar-refractivity contribution in [2.24, 2.45) is 0 Å². The minimum Gasteiger partial charge on any atom is -0.373 e. The van der Waals surface area contributed by atoms with E-state index in [2.05, 4.69) is 5.32 Å². The summed E-state index contributed by atoms with van der Waals surface area (Å²) in [4.78, 5) is 13.5. The molecule has 0 spiro atoms. The van der Waals surface area contributed by atoms with Crippen molar-refractivity contribution in [1.29, 1.82) is 0 Å². The van der Waals surface area contributed by atoms with Crippen molar-refractivity contribution in [1.82, 2.24) is 9.62 Å². The van der Waals surface area contributed by atoms with Gasteiger partial charge in [0, 0.05) is 29.3 Å². The lowest BCUT2D eigenvalue weighted by molar-refractivity contribution is -0.0440. The predicted octanol–water partition coefficient (Wildman–Crippen LogP) is 3.59. The van der Waals surface area contributed by atoms with Crippen LogP contribution in [-0.4, -0.2) is 49.7 Å². The van der Waals surface area contributed by atoms with Gasteiger partial charge >= 0.3 is 0 Å². The fourth-order valence-corrected chi connectivity index (χ4v) is 6.76. The van der Waals surface area contributed by atoms with Crippen LogP contribution in [0.15, 0.2) is 52.3 Å². The minimum absolute atomic E-state index is 0.145. The number of nitrogens with zero attached hydrogens (tertiary/aromatic N) is 1. The number of carbonyl (C=O) groups excluding carboxylic acids is 1. The first-order valence-corrected chi connectivity index (χ1v) is 12.7. The van der Waals surface area contributed by atoms with Crippen LogP contribution in [0.2, 0.25) is 0 Å². The SMILES string of the molecule is C[C@@H]1CN(S(=O)(=O)c2ccc(C(=O)N[C@@H]3CCSc4c(F)cccc43)cc2)C[C@H](C)O1. The molecule has 0 aromatic heterocycles. The number of sulfonamides is 1. The van der Waals surface area contributed by atoms with E-state index in [-0.39, 0.29) is 34.9 Å². The first kappa shape index (κ1) is 22.3. The number of amides is 1. The molecular weight excluding hydrogens is 439 g/mol.